The second-order valence-electron chi connectivity index (χ2n) is 7.88. The fourth-order valence-electron chi connectivity index (χ4n) is 4.59. The standard InChI is InChI=1S/C26H23N3O3/c30-24-23(28-25(31)32-24)16-22-17-29(18-27-22)26(19-10-4-1-5-11-19,20-12-6-2-7-13-20)21-14-8-3-9-15-21/h1-15,17,23,27H,16,18H2,(H,28,31). The van der Waals surface area contributed by atoms with Gasteiger partial charge in [-0.15, -0.1) is 0 Å². The SMILES string of the molecule is O=C1NC(CC2=CN(C(c3ccccc3)(c3ccccc3)c3ccccc3)CN2)C(=O)O1. The van der Waals surface area contributed by atoms with E-state index in [1.165, 1.54) is 0 Å². The van der Waals surface area contributed by atoms with Crippen LogP contribution in [0, 0.1) is 0 Å². The first-order valence-corrected chi connectivity index (χ1v) is 10.6. The molecule has 0 spiro atoms. The van der Waals surface area contributed by atoms with Gasteiger partial charge in [0.05, 0.1) is 6.67 Å². The number of esters is 1. The van der Waals surface area contributed by atoms with Crippen LogP contribution in [0.25, 0.3) is 0 Å². The Balaban J connectivity index is 1.63. The van der Waals surface area contributed by atoms with Crippen LogP contribution in [0.1, 0.15) is 23.1 Å². The molecule has 1 amide bonds. The van der Waals surface area contributed by atoms with Crippen molar-refractivity contribution in [1.29, 1.82) is 0 Å². The number of hydrogen-bond donors (Lipinski definition) is 2. The van der Waals surface area contributed by atoms with Crippen molar-refractivity contribution in [3.8, 4) is 0 Å². The molecule has 6 heteroatoms. The highest BCUT2D eigenvalue weighted by atomic mass is 16.6. The van der Waals surface area contributed by atoms with E-state index in [1.807, 2.05) is 60.8 Å². The maximum Gasteiger partial charge on any atom is 0.415 e. The van der Waals surface area contributed by atoms with E-state index >= 15 is 0 Å². The highest BCUT2D eigenvalue weighted by molar-refractivity contribution is 5.95. The molecule has 2 heterocycles. The maximum atomic E-state index is 11.9. The molecule has 1 atom stereocenters. The number of amides is 1. The first-order valence-electron chi connectivity index (χ1n) is 10.6. The molecular weight excluding hydrogens is 402 g/mol. The summed E-state index contributed by atoms with van der Waals surface area (Å²) < 4.78 is 4.63. The highest BCUT2D eigenvalue weighted by Gasteiger charge is 2.43. The summed E-state index contributed by atoms with van der Waals surface area (Å²) in [6.45, 7) is 0.545. The minimum atomic E-state index is -0.692. The summed E-state index contributed by atoms with van der Waals surface area (Å²) in [6.07, 6.45) is 1.70. The number of hydrogen-bond acceptors (Lipinski definition) is 5. The van der Waals surface area contributed by atoms with Crippen LogP contribution < -0.4 is 10.6 Å². The highest BCUT2D eigenvalue weighted by Crippen LogP contribution is 2.43. The Morgan fingerprint density at radius 3 is 1.75 bits per heavy atom. The smallest absolute Gasteiger partial charge is 0.375 e. The minimum Gasteiger partial charge on any atom is -0.375 e. The van der Waals surface area contributed by atoms with E-state index < -0.39 is 23.6 Å². The number of carbonyl (C=O) groups excluding carboxylic acids is 2. The number of nitrogens with zero attached hydrogens (tertiary/aromatic N) is 1. The van der Waals surface area contributed by atoms with Gasteiger partial charge in [0.25, 0.3) is 0 Å². The van der Waals surface area contributed by atoms with Crippen molar-refractivity contribution in [3.05, 3.63) is 120 Å². The van der Waals surface area contributed by atoms with Gasteiger partial charge in [0.15, 0.2) is 0 Å². The van der Waals surface area contributed by atoms with E-state index in [0.717, 1.165) is 22.4 Å². The van der Waals surface area contributed by atoms with Gasteiger partial charge in [-0.1, -0.05) is 91.0 Å². The third kappa shape index (κ3) is 3.39. The zero-order valence-electron chi connectivity index (χ0n) is 17.4. The predicted octanol–water partition coefficient (Wildman–Crippen LogP) is 3.71. The molecule has 3 aromatic carbocycles. The lowest BCUT2D eigenvalue weighted by Gasteiger charge is -2.43. The molecule has 1 saturated heterocycles. The third-order valence-electron chi connectivity index (χ3n) is 5.99. The number of cyclic esters (lactones) is 2. The summed E-state index contributed by atoms with van der Waals surface area (Å²) in [7, 11) is 0. The Labute approximate surface area is 186 Å². The number of ether oxygens (including phenoxy) is 1. The Kier molecular flexibility index (Phi) is 5.11. The zero-order valence-corrected chi connectivity index (χ0v) is 17.4. The quantitative estimate of drug-likeness (QED) is 0.358. The largest absolute Gasteiger partial charge is 0.415 e. The van der Waals surface area contributed by atoms with Crippen LogP contribution in [-0.4, -0.2) is 29.7 Å². The van der Waals surface area contributed by atoms with Gasteiger partial charge in [-0.25, -0.2) is 9.59 Å². The number of rotatable bonds is 6. The van der Waals surface area contributed by atoms with E-state index in [-0.39, 0.29) is 0 Å². The predicted molar refractivity (Wildman–Crippen MR) is 120 cm³/mol. The van der Waals surface area contributed by atoms with Crippen molar-refractivity contribution in [1.82, 2.24) is 15.5 Å². The Morgan fingerprint density at radius 2 is 1.31 bits per heavy atom. The van der Waals surface area contributed by atoms with Gasteiger partial charge in [-0.2, -0.15) is 0 Å². The summed E-state index contributed by atoms with van der Waals surface area (Å²) in [4.78, 5) is 25.6. The molecule has 2 aliphatic heterocycles. The van der Waals surface area contributed by atoms with Crippen LogP contribution in [-0.2, 0) is 15.1 Å². The van der Waals surface area contributed by atoms with Crippen LogP contribution in [0.3, 0.4) is 0 Å². The van der Waals surface area contributed by atoms with Crippen molar-refractivity contribution in [2.45, 2.75) is 18.0 Å². The van der Waals surface area contributed by atoms with Crippen molar-refractivity contribution in [2.75, 3.05) is 6.67 Å². The number of alkyl carbamates (subject to hydrolysis) is 1. The van der Waals surface area contributed by atoms with Crippen LogP contribution in [0.5, 0.6) is 0 Å². The average molecular weight is 425 g/mol. The molecule has 0 aromatic heterocycles. The molecule has 6 nitrogen and oxygen atoms in total. The zero-order chi connectivity index (χ0) is 22.0. The van der Waals surface area contributed by atoms with Crippen LogP contribution in [0.15, 0.2) is 103 Å². The van der Waals surface area contributed by atoms with E-state index in [2.05, 4.69) is 56.7 Å². The summed E-state index contributed by atoms with van der Waals surface area (Å²) in [5.74, 6) is -0.545. The van der Waals surface area contributed by atoms with E-state index in [4.69, 9.17) is 0 Å². The van der Waals surface area contributed by atoms with Crippen LogP contribution >= 0.6 is 0 Å². The van der Waals surface area contributed by atoms with E-state index in [1.54, 1.807) is 0 Å². The Bertz CT molecular complexity index is 1050. The lowest BCUT2D eigenvalue weighted by molar-refractivity contribution is -0.135. The first kappa shape index (κ1) is 19.9. The third-order valence-corrected chi connectivity index (χ3v) is 5.99. The maximum absolute atomic E-state index is 11.9. The molecule has 3 aromatic rings. The molecular formula is C26H23N3O3. The molecule has 1 unspecified atom stereocenters. The lowest BCUT2D eigenvalue weighted by Crippen LogP contribution is -2.45. The monoisotopic (exact) mass is 425 g/mol. The van der Waals surface area contributed by atoms with Gasteiger partial charge in [0, 0.05) is 18.3 Å². The second kappa shape index (κ2) is 8.23. The molecule has 0 bridgehead atoms. The van der Waals surface area contributed by atoms with Gasteiger partial charge >= 0.3 is 12.1 Å². The van der Waals surface area contributed by atoms with Crippen molar-refractivity contribution < 1.29 is 14.3 Å². The summed E-state index contributed by atoms with van der Waals surface area (Å²) in [5.41, 5.74) is 3.67. The second-order valence-corrected chi connectivity index (χ2v) is 7.88. The normalized spacial score (nSPS) is 18.1. The molecule has 5 rings (SSSR count). The first-order chi connectivity index (χ1) is 15.7. The van der Waals surface area contributed by atoms with Crippen LogP contribution in [0.4, 0.5) is 4.79 Å². The van der Waals surface area contributed by atoms with E-state index in [0.29, 0.717) is 13.1 Å². The summed E-state index contributed by atoms with van der Waals surface area (Å²) in [6, 6.07) is 30.5. The van der Waals surface area contributed by atoms with Gasteiger partial charge < -0.3 is 20.3 Å². The Morgan fingerprint density at radius 1 is 0.812 bits per heavy atom. The van der Waals surface area contributed by atoms with Crippen molar-refractivity contribution in [2.24, 2.45) is 0 Å². The topological polar surface area (TPSA) is 70.7 Å². The molecule has 0 radical (unpaired) electrons. The fraction of sp³-hybridized carbons (Fsp3) is 0.154. The van der Waals surface area contributed by atoms with Gasteiger partial charge in [0.1, 0.15) is 11.6 Å². The van der Waals surface area contributed by atoms with Crippen LogP contribution in [0.2, 0.25) is 0 Å². The molecule has 1 fully saturated rings. The lowest BCUT2D eigenvalue weighted by atomic mass is 9.76. The minimum absolute atomic E-state index is 0.343. The van der Waals surface area contributed by atoms with E-state index in [9.17, 15) is 9.59 Å². The van der Waals surface area contributed by atoms with Gasteiger partial charge in [-0.3, -0.25) is 0 Å². The molecule has 0 saturated carbocycles. The Hall–Kier alpha value is -4.06. The number of carbonyl (C=O) groups is 2. The van der Waals surface area contributed by atoms with Gasteiger partial charge in [-0.05, 0) is 16.7 Å². The number of benzene rings is 3. The molecule has 32 heavy (non-hydrogen) atoms. The summed E-state index contributed by atoms with van der Waals surface area (Å²) in [5, 5.41) is 5.98. The average Bonchev–Trinajstić information content (AvgIpc) is 3.42. The molecule has 0 aliphatic carbocycles. The fourth-order valence-corrected chi connectivity index (χ4v) is 4.59. The molecule has 160 valence electrons. The van der Waals surface area contributed by atoms with Gasteiger partial charge in [0.2, 0.25) is 0 Å². The molecule has 2 aliphatic rings. The summed E-state index contributed by atoms with van der Waals surface area (Å²) >= 11 is 0. The van der Waals surface area contributed by atoms with Crippen molar-refractivity contribution in [3.63, 3.8) is 0 Å². The molecule has 2 N–H and O–H groups in total. The number of nitrogens with one attached hydrogen (secondary N) is 2. The van der Waals surface area contributed by atoms with Crippen molar-refractivity contribution >= 4 is 12.1 Å².